The zero-order chi connectivity index (χ0) is 30.4. The van der Waals surface area contributed by atoms with E-state index in [1.165, 1.54) is 11.6 Å². The quantitative estimate of drug-likeness (QED) is 0.192. The average Bonchev–Trinajstić information content (AvgIpc) is 2.97. The van der Waals surface area contributed by atoms with Crippen molar-refractivity contribution in [2.75, 3.05) is 34.7 Å². The van der Waals surface area contributed by atoms with Gasteiger partial charge in [-0.2, -0.15) is 0 Å². The average molecular weight is 607 g/mol. The maximum Gasteiger partial charge on any atom is 0.255 e. The Labute approximate surface area is 249 Å². The molecule has 0 radical (unpaired) electrons. The maximum atomic E-state index is 13.8. The van der Waals surface area contributed by atoms with Gasteiger partial charge in [0.1, 0.15) is 23.1 Å². The molecule has 4 aromatic rings. The molecule has 1 heterocycles. The standard InChI is InChI=1S/C32H32F2N4O4S/c1-43(40,41)37-27-9-13-29(14-10-27)42-28-11-2-22(3-12-28)21-38-18-16-26(17-19-38)35-25-7-4-23(5-8-25)32(39)36-31-15-6-24(33)20-30(31)34/h2-15,20,26,35,37H,16-19,21H2,1H3,(H,36,39). The second-order valence-electron chi connectivity index (χ2n) is 10.5. The molecule has 4 aromatic carbocycles. The van der Waals surface area contributed by atoms with Crippen LogP contribution in [0.3, 0.4) is 0 Å². The van der Waals surface area contributed by atoms with Crippen molar-refractivity contribution in [3.8, 4) is 11.5 Å². The fourth-order valence-electron chi connectivity index (χ4n) is 4.84. The lowest BCUT2D eigenvalue weighted by Gasteiger charge is -2.33. The summed E-state index contributed by atoms with van der Waals surface area (Å²) in [6.45, 7) is 2.71. The summed E-state index contributed by atoms with van der Waals surface area (Å²) >= 11 is 0. The number of carbonyl (C=O) groups is 1. The number of sulfonamides is 1. The molecule has 1 saturated heterocycles. The van der Waals surface area contributed by atoms with Crippen molar-refractivity contribution in [3.05, 3.63) is 114 Å². The van der Waals surface area contributed by atoms with Gasteiger partial charge in [0.2, 0.25) is 10.0 Å². The molecule has 1 aliphatic heterocycles. The van der Waals surface area contributed by atoms with Gasteiger partial charge in [-0.25, -0.2) is 17.2 Å². The molecule has 11 heteroatoms. The van der Waals surface area contributed by atoms with Crippen molar-refractivity contribution in [2.45, 2.75) is 25.4 Å². The van der Waals surface area contributed by atoms with Gasteiger partial charge in [0.25, 0.3) is 5.91 Å². The van der Waals surface area contributed by atoms with Crippen LogP contribution in [0.5, 0.6) is 11.5 Å². The van der Waals surface area contributed by atoms with Crippen LogP contribution in [0.4, 0.5) is 25.8 Å². The van der Waals surface area contributed by atoms with Crippen LogP contribution in [0.2, 0.25) is 0 Å². The van der Waals surface area contributed by atoms with E-state index in [0.717, 1.165) is 56.6 Å². The van der Waals surface area contributed by atoms with Gasteiger partial charge in [0.15, 0.2) is 0 Å². The fraction of sp³-hybridized carbons (Fsp3) is 0.219. The lowest BCUT2D eigenvalue weighted by Crippen LogP contribution is -2.38. The Bertz CT molecular complexity index is 1660. The second kappa shape index (κ2) is 13.2. The minimum absolute atomic E-state index is 0.0711. The van der Waals surface area contributed by atoms with Crippen molar-refractivity contribution in [2.24, 2.45) is 0 Å². The number of halogens is 2. The Hall–Kier alpha value is -4.48. The third-order valence-electron chi connectivity index (χ3n) is 7.01. The van der Waals surface area contributed by atoms with Gasteiger partial charge in [-0.05, 0) is 91.2 Å². The van der Waals surface area contributed by atoms with E-state index in [-0.39, 0.29) is 5.69 Å². The van der Waals surface area contributed by atoms with Gasteiger partial charge in [-0.1, -0.05) is 12.1 Å². The van der Waals surface area contributed by atoms with Crippen LogP contribution >= 0.6 is 0 Å². The second-order valence-corrected chi connectivity index (χ2v) is 12.2. The number of nitrogens with zero attached hydrogens (tertiary/aromatic N) is 1. The summed E-state index contributed by atoms with van der Waals surface area (Å²) in [4.78, 5) is 14.9. The maximum absolute atomic E-state index is 13.8. The van der Waals surface area contributed by atoms with E-state index in [0.29, 0.717) is 28.8 Å². The first-order valence-corrected chi connectivity index (χ1v) is 15.7. The Balaban J connectivity index is 1.05. The molecule has 224 valence electrons. The molecule has 8 nitrogen and oxygen atoms in total. The molecular weight excluding hydrogens is 574 g/mol. The highest BCUT2D eigenvalue weighted by molar-refractivity contribution is 7.92. The van der Waals surface area contributed by atoms with Gasteiger partial charge < -0.3 is 15.4 Å². The first-order chi connectivity index (χ1) is 20.6. The number of nitrogens with one attached hydrogen (secondary N) is 3. The molecule has 0 spiro atoms. The van der Waals surface area contributed by atoms with Gasteiger partial charge in [-0.3, -0.25) is 14.4 Å². The van der Waals surface area contributed by atoms with E-state index in [9.17, 15) is 22.0 Å². The number of benzene rings is 4. The lowest BCUT2D eigenvalue weighted by molar-refractivity contribution is 0.102. The lowest BCUT2D eigenvalue weighted by atomic mass is 10.0. The smallest absolute Gasteiger partial charge is 0.255 e. The number of carbonyl (C=O) groups excluding carboxylic acids is 1. The molecule has 0 atom stereocenters. The number of rotatable bonds is 10. The minimum atomic E-state index is -3.33. The van der Waals surface area contributed by atoms with Crippen LogP contribution in [0, 0.1) is 11.6 Å². The minimum Gasteiger partial charge on any atom is -0.457 e. The monoisotopic (exact) mass is 606 g/mol. The molecule has 0 unspecified atom stereocenters. The van der Waals surface area contributed by atoms with Crippen molar-refractivity contribution < 1.29 is 26.7 Å². The summed E-state index contributed by atoms with van der Waals surface area (Å²) in [6, 6.07) is 25.0. The van der Waals surface area contributed by atoms with Gasteiger partial charge in [0, 0.05) is 48.7 Å². The molecular formula is C32H32F2N4O4S. The number of anilines is 3. The number of piperidine rings is 1. The highest BCUT2D eigenvalue weighted by atomic mass is 32.2. The summed E-state index contributed by atoms with van der Waals surface area (Å²) in [5, 5.41) is 6.00. The number of hydrogen-bond donors (Lipinski definition) is 3. The number of ether oxygens (including phenoxy) is 1. The summed E-state index contributed by atoms with van der Waals surface area (Å²) in [6.07, 6.45) is 3.05. The molecule has 1 aliphatic rings. The van der Waals surface area contributed by atoms with Gasteiger partial charge >= 0.3 is 0 Å². The summed E-state index contributed by atoms with van der Waals surface area (Å²) in [7, 11) is -3.33. The third kappa shape index (κ3) is 8.76. The molecule has 0 saturated carbocycles. The zero-order valence-corrected chi connectivity index (χ0v) is 24.3. The number of amides is 1. The largest absolute Gasteiger partial charge is 0.457 e. The van der Waals surface area contributed by atoms with E-state index >= 15 is 0 Å². The molecule has 5 rings (SSSR count). The van der Waals surface area contributed by atoms with Crippen LogP contribution < -0.4 is 20.1 Å². The molecule has 1 fully saturated rings. The normalized spacial score (nSPS) is 14.2. The van der Waals surface area contributed by atoms with E-state index in [1.807, 2.05) is 36.4 Å². The molecule has 0 aliphatic carbocycles. The Morgan fingerprint density at radius 2 is 1.47 bits per heavy atom. The van der Waals surface area contributed by atoms with Crippen LogP contribution in [-0.2, 0) is 16.6 Å². The molecule has 0 aromatic heterocycles. The van der Waals surface area contributed by atoms with Crippen molar-refractivity contribution >= 4 is 33.0 Å². The third-order valence-corrected chi connectivity index (χ3v) is 7.61. The predicted molar refractivity (Wildman–Crippen MR) is 164 cm³/mol. The van der Waals surface area contributed by atoms with Gasteiger partial charge in [-0.15, -0.1) is 0 Å². The molecule has 3 N–H and O–H groups in total. The SMILES string of the molecule is CS(=O)(=O)Nc1ccc(Oc2ccc(CN3CCC(Nc4ccc(C(=O)Nc5ccc(F)cc5F)cc4)CC3)cc2)cc1. The Kier molecular flexibility index (Phi) is 9.22. The number of hydrogen-bond acceptors (Lipinski definition) is 6. The van der Waals surface area contributed by atoms with Crippen molar-refractivity contribution in [1.29, 1.82) is 0 Å². The van der Waals surface area contributed by atoms with Crippen LogP contribution in [0.1, 0.15) is 28.8 Å². The van der Waals surface area contributed by atoms with Crippen LogP contribution in [-0.4, -0.2) is 44.6 Å². The summed E-state index contributed by atoms with van der Waals surface area (Å²) in [5.41, 5.74) is 2.86. The van der Waals surface area contributed by atoms with Crippen LogP contribution in [0.25, 0.3) is 0 Å². The van der Waals surface area contributed by atoms with E-state index in [4.69, 9.17) is 4.74 Å². The van der Waals surface area contributed by atoms with Crippen molar-refractivity contribution in [1.82, 2.24) is 4.90 Å². The Morgan fingerprint density at radius 3 is 2.07 bits per heavy atom. The molecule has 43 heavy (non-hydrogen) atoms. The highest BCUT2D eigenvalue weighted by Gasteiger charge is 2.19. The summed E-state index contributed by atoms with van der Waals surface area (Å²) < 4.78 is 58.0. The molecule has 0 bridgehead atoms. The predicted octanol–water partition coefficient (Wildman–Crippen LogP) is 6.46. The molecule has 1 amide bonds. The first kappa shape index (κ1) is 30.0. The zero-order valence-electron chi connectivity index (χ0n) is 23.5. The topological polar surface area (TPSA) is 99.8 Å². The summed E-state index contributed by atoms with van der Waals surface area (Å²) in [5.74, 6) is -0.690. The highest BCUT2D eigenvalue weighted by Crippen LogP contribution is 2.25. The first-order valence-electron chi connectivity index (χ1n) is 13.8. The van der Waals surface area contributed by atoms with E-state index in [2.05, 4.69) is 20.3 Å². The van der Waals surface area contributed by atoms with Crippen molar-refractivity contribution in [3.63, 3.8) is 0 Å². The van der Waals surface area contributed by atoms with Crippen LogP contribution in [0.15, 0.2) is 91.0 Å². The number of likely N-dealkylation sites (tertiary alicyclic amines) is 1. The Morgan fingerprint density at radius 1 is 0.860 bits per heavy atom. The van der Waals surface area contributed by atoms with E-state index in [1.54, 1.807) is 36.4 Å². The fourth-order valence-corrected chi connectivity index (χ4v) is 5.40. The van der Waals surface area contributed by atoms with E-state index < -0.39 is 27.6 Å². The van der Waals surface area contributed by atoms with Gasteiger partial charge in [0.05, 0.1) is 11.9 Å².